The summed E-state index contributed by atoms with van der Waals surface area (Å²) in [5.41, 5.74) is 1.13. The van der Waals surface area contributed by atoms with Gasteiger partial charge in [0.2, 0.25) is 5.91 Å². The van der Waals surface area contributed by atoms with Crippen LogP contribution in [0, 0.1) is 0 Å². The summed E-state index contributed by atoms with van der Waals surface area (Å²) >= 11 is 7.60. The molecule has 1 amide bonds. The summed E-state index contributed by atoms with van der Waals surface area (Å²) in [5, 5.41) is 3.79. The number of hydrogen-bond acceptors (Lipinski definition) is 2. The van der Waals surface area contributed by atoms with Gasteiger partial charge < -0.3 is 5.32 Å². The Hall–Kier alpha value is -1.45. The van der Waals surface area contributed by atoms with Crippen molar-refractivity contribution in [3.63, 3.8) is 0 Å². The van der Waals surface area contributed by atoms with Crippen molar-refractivity contribution in [3.8, 4) is 0 Å². The molecule has 2 rings (SSSR count). The molecule has 0 aromatic heterocycles. The second kappa shape index (κ2) is 8.86. The molecule has 0 fully saturated rings. The summed E-state index contributed by atoms with van der Waals surface area (Å²) < 4.78 is 0. The first-order chi connectivity index (χ1) is 10.6. The minimum Gasteiger partial charge on any atom is -0.350 e. The maximum atomic E-state index is 11.9. The maximum Gasteiger partial charge on any atom is 0.220 e. The van der Waals surface area contributed by atoms with E-state index in [0.717, 1.165) is 22.8 Å². The SMILES string of the molecule is C[C@H](NC(=O)CCCSc1ccc(Cl)cc1)c1ccccc1. The van der Waals surface area contributed by atoms with Crippen molar-refractivity contribution in [2.75, 3.05) is 5.75 Å². The molecule has 0 saturated carbocycles. The predicted molar refractivity (Wildman–Crippen MR) is 94.4 cm³/mol. The molecular weight excluding hydrogens is 314 g/mol. The van der Waals surface area contributed by atoms with Crippen molar-refractivity contribution in [2.24, 2.45) is 0 Å². The third-order valence-electron chi connectivity index (χ3n) is 3.31. The van der Waals surface area contributed by atoms with Crippen LogP contribution in [-0.2, 0) is 4.79 Å². The van der Waals surface area contributed by atoms with E-state index in [1.807, 2.05) is 61.5 Å². The number of nitrogens with one attached hydrogen (secondary N) is 1. The van der Waals surface area contributed by atoms with Crippen LogP contribution in [0.4, 0.5) is 0 Å². The molecule has 0 aliphatic heterocycles. The zero-order chi connectivity index (χ0) is 15.8. The zero-order valence-corrected chi connectivity index (χ0v) is 14.2. The predicted octanol–water partition coefficient (Wildman–Crippen LogP) is 5.09. The maximum absolute atomic E-state index is 11.9. The summed E-state index contributed by atoms with van der Waals surface area (Å²) in [6.07, 6.45) is 1.42. The van der Waals surface area contributed by atoms with Crippen molar-refractivity contribution in [2.45, 2.75) is 30.7 Å². The Morgan fingerprint density at radius 1 is 1.14 bits per heavy atom. The largest absolute Gasteiger partial charge is 0.350 e. The van der Waals surface area contributed by atoms with E-state index in [1.165, 1.54) is 4.90 Å². The third-order valence-corrected chi connectivity index (χ3v) is 4.66. The van der Waals surface area contributed by atoms with E-state index in [4.69, 9.17) is 11.6 Å². The Bertz CT molecular complexity index is 586. The fourth-order valence-electron chi connectivity index (χ4n) is 2.09. The lowest BCUT2D eigenvalue weighted by Crippen LogP contribution is -2.26. The van der Waals surface area contributed by atoms with E-state index in [1.54, 1.807) is 11.8 Å². The van der Waals surface area contributed by atoms with Gasteiger partial charge in [-0.3, -0.25) is 4.79 Å². The standard InChI is InChI=1S/C18H20ClNOS/c1-14(15-6-3-2-4-7-15)20-18(21)8-5-13-22-17-11-9-16(19)10-12-17/h2-4,6-7,9-12,14H,5,8,13H2,1H3,(H,20,21)/t14-/m0/s1. The minimum absolute atomic E-state index is 0.0534. The molecule has 116 valence electrons. The monoisotopic (exact) mass is 333 g/mol. The number of amides is 1. The average Bonchev–Trinajstić information content (AvgIpc) is 2.54. The van der Waals surface area contributed by atoms with Gasteiger partial charge in [0.25, 0.3) is 0 Å². The number of halogens is 1. The molecule has 0 unspecified atom stereocenters. The van der Waals surface area contributed by atoms with Gasteiger partial charge >= 0.3 is 0 Å². The van der Waals surface area contributed by atoms with Crippen molar-refractivity contribution in [1.29, 1.82) is 0 Å². The Morgan fingerprint density at radius 2 is 1.82 bits per heavy atom. The molecule has 0 radical (unpaired) electrons. The molecular formula is C18H20ClNOS. The molecule has 0 aliphatic rings. The van der Waals surface area contributed by atoms with Gasteiger partial charge in [-0.15, -0.1) is 11.8 Å². The minimum atomic E-state index is 0.0534. The lowest BCUT2D eigenvalue weighted by Gasteiger charge is -2.14. The smallest absolute Gasteiger partial charge is 0.220 e. The molecule has 4 heteroatoms. The van der Waals surface area contributed by atoms with E-state index in [2.05, 4.69) is 5.32 Å². The number of thioether (sulfide) groups is 1. The molecule has 1 N–H and O–H groups in total. The fraction of sp³-hybridized carbons (Fsp3) is 0.278. The number of benzene rings is 2. The molecule has 0 saturated heterocycles. The van der Waals surface area contributed by atoms with Crippen LogP contribution in [0.1, 0.15) is 31.4 Å². The van der Waals surface area contributed by atoms with Crippen LogP contribution in [0.3, 0.4) is 0 Å². The van der Waals surface area contributed by atoms with Crippen molar-refractivity contribution in [3.05, 3.63) is 65.2 Å². The Labute approximate surface area is 141 Å². The first-order valence-corrected chi connectivity index (χ1v) is 8.74. The molecule has 2 aromatic rings. The van der Waals surface area contributed by atoms with Gasteiger partial charge in [0.15, 0.2) is 0 Å². The molecule has 0 bridgehead atoms. The van der Waals surface area contributed by atoms with Crippen LogP contribution >= 0.6 is 23.4 Å². The lowest BCUT2D eigenvalue weighted by atomic mass is 10.1. The molecule has 2 aromatic carbocycles. The highest BCUT2D eigenvalue weighted by molar-refractivity contribution is 7.99. The van der Waals surface area contributed by atoms with Gasteiger partial charge in [0, 0.05) is 16.3 Å². The van der Waals surface area contributed by atoms with Crippen LogP contribution in [-0.4, -0.2) is 11.7 Å². The van der Waals surface area contributed by atoms with Gasteiger partial charge in [-0.1, -0.05) is 41.9 Å². The number of rotatable bonds is 7. The van der Waals surface area contributed by atoms with Gasteiger partial charge in [-0.25, -0.2) is 0 Å². The zero-order valence-electron chi connectivity index (χ0n) is 12.6. The first-order valence-electron chi connectivity index (χ1n) is 7.38. The highest BCUT2D eigenvalue weighted by atomic mass is 35.5. The normalized spacial score (nSPS) is 11.9. The van der Waals surface area contributed by atoms with E-state index in [0.29, 0.717) is 6.42 Å². The van der Waals surface area contributed by atoms with Crippen molar-refractivity contribution < 1.29 is 4.79 Å². The molecule has 2 nitrogen and oxygen atoms in total. The number of carbonyl (C=O) groups excluding carboxylic acids is 1. The molecule has 22 heavy (non-hydrogen) atoms. The van der Waals surface area contributed by atoms with Crippen LogP contribution in [0.2, 0.25) is 5.02 Å². The Balaban J connectivity index is 1.66. The number of carbonyl (C=O) groups is 1. The molecule has 0 spiro atoms. The summed E-state index contributed by atoms with van der Waals surface area (Å²) in [5.74, 6) is 1.03. The van der Waals surface area contributed by atoms with Crippen LogP contribution in [0.25, 0.3) is 0 Å². The summed E-state index contributed by atoms with van der Waals surface area (Å²) in [7, 11) is 0. The second-order valence-electron chi connectivity index (χ2n) is 5.11. The first kappa shape index (κ1) is 16.9. The van der Waals surface area contributed by atoms with E-state index >= 15 is 0 Å². The molecule has 0 heterocycles. The van der Waals surface area contributed by atoms with Gasteiger partial charge in [-0.05, 0) is 48.9 Å². The third kappa shape index (κ3) is 5.74. The van der Waals surface area contributed by atoms with Crippen LogP contribution in [0.15, 0.2) is 59.5 Å². The Morgan fingerprint density at radius 3 is 2.50 bits per heavy atom. The van der Waals surface area contributed by atoms with E-state index in [-0.39, 0.29) is 11.9 Å². The second-order valence-corrected chi connectivity index (χ2v) is 6.71. The average molecular weight is 334 g/mol. The summed E-state index contributed by atoms with van der Waals surface area (Å²) in [4.78, 5) is 13.1. The van der Waals surface area contributed by atoms with Gasteiger partial charge in [0.05, 0.1) is 6.04 Å². The Kier molecular flexibility index (Phi) is 6.81. The quantitative estimate of drug-likeness (QED) is 0.565. The fourth-order valence-corrected chi connectivity index (χ4v) is 3.07. The number of hydrogen-bond donors (Lipinski definition) is 1. The van der Waals surface area contributed by atoms with Gasteiger partial charge in [-0.2, -0.15) is 0 Å². The van der Waals surface area contributed by atoms with E-state index in [9.17, 15) is 4.79 Å². The molecule has 0 aliphatic carbocycles. The molecule has 1 atom stereocenters. The lowest BCUT2D eigenvalue weighted by molar-refractivity contribution is -0.121. The topological polar surface area (TPSA) is 29.1 Å². The summed E-state index contributed by atoms with van der Waals surface area (Å²) in [6.45, 7) is 2.01. The highest BCUT2D eigenvalue weighted by Crippen LogP contribution is 2.21. The van der Waals surface area contributed by atoms with Crippen LogP contribution in [0.5, 0.6) is 0 Å². The van der Waals surface area contributed by atoms with Crippen molar-refractivity contribution >= 4 is 29.3 Å². The summed E-state index contributed by atoms with van der Waals surface area (Å²) in [6, 6.07) is 17.8. The van der Waals surface area contributed by atoms with Crippen molar-refractivity contribution in [1.82, 2.24) is 5.32 Å². The highest BCUT2D eigenvalue weighted by Gasteiger charge is 2.08. The van der Waals surface area contributed by atoms with E-state index < -0.39 is 0 Å². The van der Waals surface area contributed by atoms with Crippen LogP contribution < -0.4 is 5.32 Å². The van der Waals surface area contributed by atoms with Gasteiger partial charge in [0.1, 0.15) is 0 Å².